The summed E-state index contributed by atoms with van der Waals surface area (Å²) in [6, 6.07) is 5.02. The molecule has 0 spiro atoms. The van der Waals surface area contributed by atoms with Gasteiger partial charge in [0.15, 0.2) is 6.61 Å². The maximum atomic E-state index is 11.7. The van der Waals surface area contributed by atoms with Gasteiger partial charge >= 0.3 is 0 Å². The number of carbonyl (C=O) groups is 1. The van der Waals surface area contributed by atoms with Crippen molar-refractivity contribution < 1.29 is 9.53 Å². The van der Waals surface area contributed by atoms with Gasteiger partial charge < -0.3 is 15.8 Å². The van der Waals surface area contributed by atoms with E-state index in [1.165, 1.54) is 0 Å². The van der Waals surface area contributed by atoms with Gasteiger partial charge in [-0.25, -0.2) is 0 Å². The van der Waals surface area contributed by atoms with Crippen LogP contribution in [0, 0.1) is 5.92 Å². The lowest BCUT2D eigenvalue weighted by Gasteiger charge is -2.14. The molecule has 0 aliphatic carbocycles. The van der Waals surface area contributed by atoms with Crippen LogP contribution in [-0.2, 0) is 4.79 Å². The van der Waals surface area contributed by atoms with Crippen molar-refractivity contribution in [3.05, 3.63) is 28.8 Å². The largest absolute Gasteiger partial charge is 0.483 e. The number of ether oxygens (including phenoxy) is 1. The normalized spacial score (nSPS) is 12.3. The Morgan fingerprint density at radius 2 is 2.10 bits per heavy atom. The van der Waals surface area contributed by atoms with Gasteiger partial charge in [0.25, 0.3) is 5.91 Å². The molecule has 0 fully saturated rings. The number of hydrogen-bond donors (Lipinski definition) is 2. The van der Waals surface area contributed by atoms with Crippen LogP contribution >= 0.6 is 11.6 Å². The van der Waals surface area contributed by atoms with E-state index in [9.17, 15) is 4.79 Å². The molecule has 112 valence electrons. The van der Waals surface area contributed by atoms with Gasteiger partial charge in [-0.15, -0.1) is 0 Å². The van der Waals surface area contributed by atoms with Gasteiger partial charge in [-0.1, -0.05) is 25.4 Å². The minimum atomic E-state index is -0.201. The lowest BCUT2D eigenvalue weighted by molar-refractivity contribution is -0.123. The summed E-state index contributed by atoms with van der Waals surface area (Å²) in [4.78, 5) is 11.7. The smallest absolute Gasteiger partial charge is 0.257 e. The molecule has 0 bridgehead atoms. The fourth-order valence-electron chi connectivity index (χ4n) is 1.70. The number of carbonyl (C=O) groups excluding carboxylic acids is 1. The number of nitrogens with one attached hydrogen (secondary N) is 1. The molecule has 20 heavy (non-hydrogen) atoms. The van der Waals surface area contributed by atoms with Crippen LogP contribution in [0.2, 0.25) is 5.02 Å². The van der Waals surface area contributed by atoms with Gasteiger partial charge in [-0.2, -0.15) is 0 Å². The summed E-state index contributed by atoms with van der Waals surface area (Å²) < 4.78 is 5.52. The second kappa shape index (κ2) is 8.12. The first-order valence-electron chi connectivity index (χ1n) is 6.84. The van der Waals surface area contributed by atoms with Crippen molar-refractivity contribution in [2.24, 2.45) is 11.7 Å². The molecule has 4 nitrogen and oxygen atoms in total. The molecule has 0 saturated heterocycles. The number of hydrogen-bond acceptors (Lipinski definition) is 3. The average Bonchev–Trinajstić information content (AvgIpc) is 2.36. The molecule has 0 unspecified atom stereocenters. The van der Waals surface area contributed by atoms with Gasteiger partial charge in [-0.3, -0.25) is 4.79 Å². The summed E-state index contributed by atoms with van der Waals surface area (Å²) in [7, 11) is 0. The summed E-state index contributed by atoms with van der Waals surface area (Å²) in [5, 5.41) is 3.43. The molecule has 3 N–H and O–H groups in total. The topological polar surface area (TPSA) is 64.3 Å². The first-order chi connectivity index (χ1) is 9.40. The Kier molecular flexibility index (Phi) is 6.82. The van der Waals surface area contributed by atoms with Crippen molar-refractivity contribution in [2.45, 2.75) is 33.2 Å². The molecule has 0 radical (unpaired) electrons. The second-order valence-electron chi connectivity index (χ2n) is 5.29. The molecule has 1 aromatic rings. The third-order valence-electron chi connectivity index (χ3n) is 2.87. The van der Waals surface area contributed by atoms with Gasteiger partial charge in [0, 0.05) is 23.2 Å². The first-order valence-corrected chi connectivity index (χ1v) is 7.22. The number of halogens is 1. The van der Waals surface area contributed by atoms with E-state index >= 15 is 0 Å². The van der Waals surface area contributed by atoms with Crippen LogP contribution in [0.15, 0.2) is 18.2 Å². The molecule has 0 aliphatic heterocycles. The first kappa shape index (κ1) is 16.8. The van der Waals surface area contributed by atoms with Crippen LogP contribution in [0.5, 0.6) is 5.75 Å². The van der Waals surface area contributed by atoms with Crippen LogP contribution in [0.25, 0.3) is 0 Å². The highest BCUT2D eigenvalue weighted by atomic mass is 35.5. The highest BCUT2D eigenvalue weighted by Crippen LogP contribution is 2.27. The number of amides is 1. The van der Waals surface area contributed by atoms with Crippen molar-refractivity contribution >= 4 is 17.5 Å². The minimum absolute atomic E-state index is 0.0144. The molecule has 0 heterocycles. The molecular weight excluding hydrogens is 276 g/mol. The van der Waals surface area contributed by atoms with Crippen molar-refractivity contribution in [2.75, 3.05) is 13.2 Å². The van der Waals surface area contributed by atoms with E-state index in [1.54, 1.807) is 18.2 Å². The lowest BCUT2D eigenvalue weighted by atomic mass is 10.1. The Balaban J connectivity index is 2.51. The van der Waals surface area contributed by atoms with Crippen molar-refractivity contribution in [1.82, 2.24) is 5.32 Å². The summed E-state index contributed by atoms with van der Waals surface area (Å²) in [6.45, 7) is 6.73. The van der Waals surface area contributed by atoms with Crippen molar-refractivity contribution in [3.63, 3.8) is 0 Å². The number of benzene rings is 1. The molecular formula is C15H23ClN2O2. The molecule has 1 atom stereocenters. The van der Waals surface area contributed by atoms with E-state index in [0.717, 1.165) is 12.0 Å². The van der Waals surface area contributed by atoms with Crippen LogP contribution in [0.1, 0.15) is 38.8 Å². The molecule has 0 aliphatic rings. The second-order valence-corrected chi connectivity index (χ2v) is 5.73. The summed E-state index contributed by atoms with van der Waals surface area (Å²) >= 11 is 5.93. The zero-order chi connectivity index (χ0) is 15.1. The third-order valence-corrected chi connectivity index (χ3v) is 3.10. The van der Waals surface area contributed by atoms with Gasteiger partial charge in [-0.05, 0) is 37.5 Å². The highest BCUT2D eigenvalue weighted by Gasteiger charge is 2.10. The Bertz CT molecular complexity index is 447. The number of nitrogens with two attached hydrogens (primary N) is 1. The fraction of sp³-hybridized carbons (Fsp3) is 0.533. The van der Waals surface area contributed by atoms with Crippen molar-refractivity contribution in [3.8, 4) is 5.75 Å². The van der Waals surface area contributed by atoms with Crippen LogP contribution in [0.4, 0.5) is 0 Å². The van der Waals surface area contributed by atoms with Crippen LogP contribution < -0.4 is 15.8 Å². The zero-order valence-electron chi connectivity index (χ0n) is 12.3. The predicted octanol–water partition coefficient (Wildman–Crippen LogP) is 2.90. The summed E-state index contributed by atoms with van der Waals surface area (Å²) in [5.74, 6) is 1.04. The van der Waals surface area contributed by atoms with Crippen LogP contribution in [-0.4, -0.2) is 19.1 Å². The Labute approximate surface area is 125 Å². The van der Waals surface area contributed by atoms with E-state index in [-0.39, 0.29) is 18.6 Å². The van der Waals surface area contributed by atoms with Gasteiger partial charge in [0.05, 0.1) is 0 Å². The maximum absolute atomic E-state index is 11.7. The molecule has 1 rings (SSSR count). The Hall–Kier alpha value is -1.26. The SMILES string of the molecule is CC(C)CCNC(=O)COc1ccc(Cl)cc1[C@@H](C)N. The summed E-state index contributed by atoms with van der Waals surface area (Å²) in [5.41, 5.74) is 6.66. The molecule has 5 heteroatoms. The fourth-order valence-corrected chi connectivity index (χ4v) is 1.88. The van der Waals surface area contributed by atoms with Gasteiger partial charge in [0.2, 0.25) is 0 Å². The quantitative estimate of drug-likeness (QED) is 0.813. The highest BCUT2D eigenvalue weighted by molar-refractivity contribution is 6.30. The molecule has 1 amide bonds. The third kappa shape index (κ3) is 5.80. The zero-order valence-corrected chi connectivity index (χ0v) is 13.0. The average molecular weight is 299 g/mol. The predicted molar refractivity (Wildman–Crippen MR) is 82.0 cm³/mol. The van der Waals surface area contributed by atoms with Crippen LogP contribution in [0.3, 0.4) is 0 Å². The minimum Gasteiger partial charge on any atom is -0.483 e. The Morgan fingerprint density at radius 3 is 2.70 bits per heavy atom. The molecule has 1 aromatic carbocycles. The van der Waals surface area contributed by atoms with E-state index in [4.69, 9.17) is 22.1 Å². The lowest BCUT2D eigenvalue weighted by Crippen LogP contribution is -2.30. The molecule has 0 aromatic heterocycles. The maximum Gasteiger partial charge on any atom is 0.257 e. The summed E-state index contributed by atoms with van der Waals surface area (Å²) in [6.07, 6.45) is 0.956. The monoisotopic (exact) mass is 298 g/mol. The van der Waals surface area contributed by atoms with E-state index in [2.05, 4.69) is 19.2 Å². The van der Waals surface area contributed by atoms with E-state index in [1.807, 2.05) is 6.92 Å². The Morgan fingerprint density at radius 1 is 1.40 bits per heavy atom. The molecule has 0 saturated carbocycles. The van der Waals surface area contributed by atoms with Crippen molar-refractivity contribution in [1.29, 1.82) is 0 Å². The van der Waals surface area contributed by atoms with E-state index in [0.29, 0.717) is 23.2 Å². The van der Waals surface area contributed by atoms with Gasteiger partial charge in [0.1, 0.15) is 5.75 Å². The standard InChI is InChI=1S/C15H23ClN2O2/c1-10(2)6-7-18-15(19)9-20-14-5-4-12(16)8-13(14)11(3)17/h4-5,8,10-11H,6-7,9,17H2,1-3H3,(H,18,19)/t11-/m1/s1. The number of rotatable bonds is 7. The van der Waals surface area contributed by atoms with E-state index < -0.39 is 0 Å².